The van der Waals surface area contributed by atoms with Crippen molar-refractivity contribution in [2.24, 2.45) is 35.1 Å². The molecule has 750 valence electrons. The smallest absolute Gasteiger partial charge is 0.234 e. The van der Waals surface area contributed by atoms with Crippen molar-refractivity contribution in [2.45, 2.75) is 272 Å². The monoisotopic (exact) mass is 2080 g/mol. The van der Waals surface area contributed by atoms with Gasteiger partial charge in [0, 0.05) is 88.9 Å². The Balaban J connectivity index is 0.000000136. The second-order valence-corrected chi connectivity index (χ2v) is 43.1. The van der Waals surface area contributed by atoms with Gasteiger partial charge in [0.2, 0.25) is 11.8 Å². The van der Waals surface area contributed by atoms with Crippen LogP contribution in [-0.4, -0.2) is 208 Å². The Labute approximate surface area is 870 Å². The summed E-state index contributed by atoms with van der Waals surface area (Å²) in [6.07, 6.45) is 33.9. The van der Waals surface area contributed by atoms with E-state index < -0.39 is 0 Å². The van der Waals surface area contributed by atoms with Gasteiger partial charge in [-0.25, -0.2) is 58.6 Å². The predicted molar refractivity (Wildman–Crippen MR) is 569 cm³/mol. The van der Waals surface area contributed by atoms with Crippen molar-refractivity contribution < 1.29 is 19.8 Å². The first-order chi connectivity index (χ1) is 67.7. The van der Waals surface area contributed by atoms with E-state index in [2.05, 4.69) is 109 Å². The maximum Gasteiger partial charge on any atom is 0.234 e. The highest BCUT2D eigenvalue weighted by Gasteiger charge is 2.42. The Bertz CT molecular complexity index is 6650. The number of nitrogens with two attached hydrogens (primary N) is 2. The standard InChI is InChI=1S/C28H34Cl2N6O.C26H27Cl2N7O.2C26H31Cl2N5O.CH4/c1-16-13-19(6-10-25(16)35-12-4-5-21(35)8-11-26(31)37)24-15-32-27-17(2)34-36(28(27)33-24)18(3)22-9-7-20(29)14-23(22)30;1-14-10-16(5-8-22(14)34-9-3-4-23(34)25(30)36)21-13-31-24-20(12-29)33-35(26(24)32-21)15(2)18-7-6-17(27)11-19(18)28;2*1-15-11-18(6-9-24(15)32-10-4-5-20(32)14-34)23-13-29-25-16(2)31-33(26(25)30-23)17(3)21-8-7-19(27)12-22(21)28;/h6-7,9,14-16,18,21,25H,4-5,8,10-13H2,1-3H3,(H2,31,37);5-7,11,13-15,22-23H,3-4,8-10H2,1-2H3,(H2,30,36);2*6-8,12-13,15,17,20,24,34H,4-5,9-11,14H2,1-3H3;1H4. The second-order valence-electron chi connectivity index (χ2n) is 39.7. The highest BCUT2D eigenvalue weighted by molar-refractivity contribution is 6.37. The number of fused-ring (bicyclic) bond motifs is 4. The first-order valence-corrected chi connectivity index (χ1v) is 52.5. The van der Waals surface area contributed by atoms with Crippen LogP contribution in [0.1, 0.15) is 270 Å². The molecule has 27 nitrogen and oxygen atoms in total. The normalized spacial score (nSPS) is 23.8. The van der Waals surface area contributed by atoms with Gasteiger partial charge in [0.25, 0.3) is 0 Å². The zero-order chi connectivity index (χ0) is 99.8. The molecule has 12 aromatic rings. The van der Waals surface area contributed by atoms with Crippen LogP contribution in [0, 0.1) is 55.8 Å². The van der Waals surface area contributed by atoms with Crippen LogP contribution in [0.15, 0.2) is 122 Å². The fourth-order valence-electron chi connectivity index (χ4n) is 23.0. The SMILES string of the molecule is C.CC1CC(c2cnc3c(C#N)nn(C(C)c4ccc(Cl)cc4Cl)c3n2)=CCC1N1CCCC1C(N)=O.Cc1nn(C(C)c2ccc(Cl)cc2Cl)c2nc(C3=CCC(N4CCCC4CCC(N)=O)C(C)C3)cnc12.Cc1nn(C(C)c2ccc(Cl)cc2Cl)c2nc(C3=CCC(N4CCCC4CO)C(C)C3)cnc12.Cc1nn(C(C)c2ccc(Cl)cc2Cl)c2nc(C3=CCC(N4CCCC4CO)C(C)C3)cnc12. The van der Waals surface area contributed by atoms with E-state index in [1.54, 1.807) is 41.2 Å². The molecule has 0 radical (unpaired) electrons. The Morgan fingerprint density at radius 2 is 0.697 bits per heavy atom. The summed E-state index contributed by atoms with van der Waals surface area (Å²) in [5.74, 6) is 1.34. The summed E-state index contributed by atoms with van der Waals surface area (Å²) in [6, 6.07) is 26.0. The molecule has 4 aliphatic carbocycles. The van der Waals surface area contributed by atoms with Crippen LogP contribution in [0.25, 0.3) is 66.9 Å². The van der Waals surface area contributed by atoms with Crippen molar-refractivity contribution in [1.82, 2.24) is 98.6 Å². The minimum absolute atomic E-state index is 0. The molecule has 4 saturated heterocycles. The lowest BCUT2D eigenvalue weighted by Crippen LogP contribution is -2.48. The fraction of sp³-hybridized carbons (Fsp3) is 0.486. The van der Waals surface area contributed by atoms with Gasteiger partial charge in [-0.2, -0.15) is 25.7 Å². The lowest BCUT2D eigenvalue weighted by atomic mass is 9.83. The quantitative estimate of drug-likeness (QED) is 0.0490. The van der Waals surface area contributed by atoms with Crippen molar-refractivity contribution in [2.75, 3.05) is 39.4 Å². The summed E-state index contributed by atoms with van der Waals surface area (Å²) in [5, 5.41) is 52.7. The van der Waals surface area contributed by atoms with Crippen molar-refractivity contribution in [3.8, 4) is 6.07 Å². The van der Waals surface area contributed by atoms with Crippen molar-refractivity contribution in [3.63, 3.8) is 0 Å². The molecule has 0 spiro atoms. The van der Waals surface area contributed by atoms with E-state index in [1.807, 2.05) is 103 Å². The van der Waals surface area contributed by atoms with Gasteiger partial charge in [-0.1, -0.05) is 176 Å². The Hall–Kier alpha value is -9.45. The van der Waals surface area contributed by atoms with Gasteiger partial charge in [-0.05, 0) is 301 Å². The minimum atomic E-state index is -0.284. The fourth-order valence-corrected chi connectivity index (χ4v) is 25.3. The lowest BCUT2D eigenvalue weighted by molar-refractivity contribution is -0.123. The maximum absolute atomic E-state index is 11.9. The number of benzene rings is 4. The van der Waals surface area contributed by atoms with E-state index in [1.165, 1.54) is 36.0 Å². The molecule has 8 aliphatic rings. The van der Waals surface area contributed by atoms with Gasteiger partial charge >= 0.3 is 0 Å². The summed E-state index contributed by atoms with van der Waals surface area (Å²) in [5.41, 5.74) is 31.5. The molecule has 4 aliphatic heterocycles. The summed E-state index contributed by atoms with van der Waals surface area (Å²) in [7, 11) is 0. The van der Waals surface area contributed by atoms with Gasteiger partial charge in [-0.3, -0.25) is 29.2 Å². The molecule has 4 fully saturated rings. The number of aryl methyl sites for hydroxylation is 3. The van der Waals surface area contributed by atoms with Gasteiger partial charge in [0.05, 0.1) is 108 Å². The number of primary amides is 2. The molecule has 35 heteroatoms. The summed E-state index contributed by atoms with van der Waals surface area (Å²) < 4.78 is 7.46. The number of aliphatic hydroxyl groups excluding tert-OH is 2. The number of allylic oxidation sites excluding steroid dienone is 4. The number of hydrogen-bond acceptors (Lipinski definition) is 21. The largest absolute Gasteiger partial charge is 0.395 e. The number of likely N-dealkylation sites (tertiary alicyclic amines) is 4. The number of amides is 2. The number of nitriles is 1. The summed E-state index contributed by atoms with van der Waals surface area (Å²) in [6.45, 7) is 27.9. The molecule has 12 heterocycles. The van der Waals surface area contributed by atoms with Crippen molar-refractivity contribution in [1.29, 1.82) is 5.26 Å². The van der Waals surface area contributed by atoms with Gasteiger partial charge < -0.3 is 21.7 Å². The average molecular weight is 2080 g/mol. The minimum Gasteiger partial charge on any atom is -0.395 e. The number of carbonyl (C=O) groups excluding carboxylic acids is 2. The molecule has 16 unspecified atom stereocenters. The Morgan fingerprint density at radius 1 is 0.415 bits per heavy atom. The van der Waals surface area contributed by atoms with E-state index in [0.717, 1.165) is 217 Å². The predicted octanol–water partition coefficient (Wildman–Crippen LogP) is 22.7. The van der Waals surface area contributed by atoms with Gasteiger partial charge in [0.15, 0.2) is 28.3 Å². The maximum atomic E-state index is 11.9. The second kappa shape index (κ2) is 45.7. The molecular weight excluding hydrogens is 1950 g/mol. The third-order valence-electron chi connectivity index (χ3n) is 30.6. The molecule has 2 amide bonds. The first kappa shape index (κ1) is 105. The number of carbonyl (C=O) groups is 2. The van der Waals surface area contributed by atoms with Crippen LogP contribution in [0.3, 0.4) is 0 Å². The van der Waals surface area contributed by atoms with Crippen LogP contribution in [-0.2, 0) is 9.59 Å². The zero-order valence-corrected chi connectivity index (χ0v) is 87.6. The Morgan fingerprint density at radius 3 is 0.993 bits per heavy atom. The van der Waals surface area contributed by atoms with E-state index in [-0.39, 0.29) is 74.4 Å². The Kier molecular flexibility index (Phi) is 33.9. The van der Waals surface area contributed by atoms with Crippen LogP contribution < -0.4 is 11.5 Å². The number of aromatic nitrogens is 16. The van der Waals surface area contributed by atoms with E-state index in [9.17, 15) is 25.1 Å². The molecule has 142 heavy (non-hydrogen) atoms. The van der Waals surface area contributed by atoms with Gasteiger partial charge in [0.1, 0.15) is 28.1 Å². The highest BCUT2D eigenvalue weighted by atomic mass is 35.5. The third kappa shape index (κ3) is 22.3. The average Bonchev–Trinajstić information content (AvgIpc) is 1.63. The van der Waals surface area contributed by atoms with Crippen LogP contribution in [0.2, 0.25) is 40.2 Å². The third-order valence-corrected chi connectivity index (χ3v) is 32.9. The molecule has 20 rings (SSSR count). The summed E-state index contributed by atoms with van der Waals surface area (Å²) >= 11 is 50.4. The zero-order valence-electron chi connectivity index (χ0n) is 81.5. The number of hydrogen-bond donors (Lipinski definition) is 4. The molecule has 16 atom stereocenters. The van der Waals surface area contributed by atoms with Crippen molar-refractivity contribution in [3.05, 3.63) is 230 Å². The van der Waals surface area contributed by atoms with Crippen LogP contribution in [0.5, 0.6) is 0 Å². The van der Waals surface area contributed by atoms with Gasteiger partial charge in [-0.15, -0.1) is 0 Å². The molecular formula is C107H127Cl8N23O4. The molecule has 4 aromatic carbocycles. The topological polar surface area (TPSA) is 338 Å². The van der Waals surface area contributed by atoms with E-state index in [0.29, 0.717) is 118 Å². The number of halogens is 8. The van der Waals surface area contributed by atoms with E-state index >= 15 is 0 Å². The molecule has 6 N–H and O–H groups in total. The number of nitrogens with zero attached hydrogens (tertiary/aromatic N) is 21. The van der Waals surface area contributed by atoms with Crippen LogP contribution >= 0.6 is 92.8 Å². The van der Waals surface area contributed by atoms with Crippen molar-refractivity contribution >= 4 is 172 Å². The molecule has 8 aromatic heterocycles. The van der Waals surface area contributed by atoms with Crippen LogP contribution in [0.4, 0.5) is 0 Å². The first-order valence-electron chi connectivity index (χ1n) is 49.5. The van der Waals surface area contributed by atoms with E-state index in [4.69, 9.17) is 154 Å². The number of aliphatic hydroxyl groups is 2. The number of rotatable bonds is 22. The molecule has 0 saturated carbocycles. The lowest BCUT2D eigenvalue weighted by Gasteiger charge is -2.39. The highest BCUT2D eigenvalue weighted by Crippen LogP contribution is 2.45. The molecule has 0 bridgehead atoms. The summed E-state index contributed by atoms with van der Waals surface area (Å²) in [4.78, 5) is 72.1.